The molecule has 5 heteroatoms. The molecule has 0 radical (unpaired) electrons. The third kappa shape index (κ3) is 4.18. The van der Waals surface area contributed by atoms with Crippen LogP contribution in [-0.2, 0) is 16.6 Å². The molecule has 1 heterocycles. The molecule has 0 aliphatic carbocycles. The smallest absolute Gasteiger partial charge is 0.325 e. The van der Waals surface area contributed by atoms with E-state index in [-0.39, 0.29) is 0 Å². The highest BCUT2D eigenvalue weighted by Gasteiger charge is 2.22. The monoisotopic (exact) mass is 302 g/mol. The SMILES string of the molecule is C[n+]1ccc2c(NCC(N)C(=O)OC(C)(C)C)cccc2c1. The van der Waals surface area contributed by atoms with Gasteiger partial charge in [-0.25, -0.2) is 4.57 Å². The molecule has 5 nitrogen and oxygen atoms in total. The van der Waals surface area contributed by atoms with Crippen LogP contribution in [0.4, 0.5) is 5.69 Å². The van der Waals surface area contributed by atoms with Crippen molar-refractivity contribution in [3.8, 4) is 0 Å². The summed E-state index contributed by atoms with van der Waals surface area (Å²) < 4.78 is 7.28. The zero-order valence-corrected chi connectivity index (χ0v) is 13.6. The van der Waals surface area contributed by atoms with E-state index in [0.29, 0.717) is 6.54 Å². The molecule has 2 aromatic rings. The van der Waals surface area contributed by atoms with E-state index in [2.05, 4.69) is 5.32 Å². The van der Waals surface area contributed by atoms with E-state index in [1.807, 2.05) is 69.0 Å². The van der Waals surface area contributed by atoms with Crippen LogP contribution >= 0.6 is 0 Å². The zero-order valence-electron chi connectivity index (χ0n) is 13.6. The van der Waals surface area contributed by atoms with Crippen LogP contribution in [0.5, 0.6) is 0 Å². The van der Waals surface area contributed by atoms with Gasteiger partial charge in [-0.05, 0) is 32.9 Å². The van der Waals surface area contributed by atoms with E-state index >= 15 is 0 Å². The van der Waals surface area contributed by atoms with Crippen LogP contribution in [0.15, 0.2) is 36.7 Å². The molecule has 0 aliphatic heterocycles. The third-order valence-electron chi connectivity index (χ3n) is 3.18. The number of aromatic nitrogens is 1. The summed E-state index contributed by atoms with van der Waals surface area (Å²) in [5.74, 6) is -0.397. The maximum atomic E-state index is 11.9. The van der Waals surface area contributed by atoms with Crippen molar-refractivity contribution in [2.45, 2.75) is 32.4 Å². The van der Waals surface area contributed by atoms with Crippen molar-refractivity contribution in [3.05, 3.63) is 36.7 Å². The molecule has 0 saturated heterocycles. The number of esters is 1. The molecule has 0 amide bonds. The van der Waals surface area contributed by atoms with Gasteiger partial charge in [0.15, 0.2) is 12.4 Å². The molecule has 1 unspecified atom stereocenters. The molecule has 1 aromatic carbocycles. The third-order valence-corrected chi connectivity index (χ3v) is 3.18. The summed E-state index contributed by atoms with van der Waals surface area (Å²) in [6, 6.07) is 7.34. The number of ether oxygens (including phenoxy) is 1. The lowest BCUT2D eigenvalue weighted by Crippen LogP contribution is -2.41. The molecule has 1 atom stereocenters. The predicted octanol–water partition coefficient (Wildman–Crippen LogP) is 1.75. The van der Waals surface area contributed by atoms with Gasteiger partial charge in [0.2, 0.25) is 0 Å². The molecule has 0 fully saturated rings. The Kier molecular flexibility index (Phi) is 4.66. The molecule has 3 N–H and O–H groups in total. The van der Waals surface area contributed by atoms with Crippen molar-refractivity contribution in [3.63, 3.8) is 0 Å². The highest BCUT2D eigenvalue weighted by molar-refractivity contribution is 5.93. The predicted molar refractivity (Wildman–Crippen MR) is 87.4 cm³/mol. The maximum Gasteiger partial charge on any atom is 0.325 e. The molecular formula is C17H24N3O2+. The van der Waals surface area contributed by atoms with Crippen LogP contribution in [0.1, 0.15) is 20.8 Å². The lowest BCUT2D eigenvalue weighted by Gasteiger charge is -2.22. The average molecular weight is 302 g/mol. The van der Waals surface area contributed by atoms with Crippen molar-refractivity contribution in [2.75, 3.05) is 11.9 Å². The van der Waals surface area contributed by atoms with Crippen molar-refractivity contribution >= 4 is 22.4 Å². The van der Waals surface area contributed by atoms with E-state index in [1.54, 1.807) is 0 Å². The van der Waals surface area contributed by atoms with E-state index in [0.717, 1.165) is 16.5 Å². The highest BCUT2D eigenvalue weighted by Crippen LogP contribution is 2.21. The number of nitrogens with one attached hydrogen (secondary N) is 1. The molecule has 118 valence electrons. The molecule has 2 rings (SSSR count). The lowest BCUT2D eigenvalue weighted by molar-refractivity contribution is -0.670. The highest BCUT2D eigenvalue weighted by atomic mass is 16.6. The Hall–Kier alpha value is -2.14. The second-order valence-corrected chi connectivity index (χ2v) is 6.44. The van der Waals surface area contributed by atoms with Crippen molar-refractivity contribution in [2.24, 2.45) is 12.8 Å². The fourth-order valence-corrected chi connectivity index (χ4v) is 2.17. The first kappa shape index (κ1) is 16.2. The second kappa shape index (κ2) is 6.32. The van der Waals surface area contributed by atoms with Crippen LogP contribution in [0.25, 0.3) is 10.8 Å². The van der Waals surface area contributed by atoms with Gasteiger partial charge < -0.3 is 15.8 Å². The molecular weight excluding hydrogens is 278 g/mol. The molecule has 22 heavy (non-hydrogen) atoms. The van der Waals surface area contributed by atoms with Gasteiger partial charge in [-0.2, -0.15) is 0 Å². The summed E-state index contributed by atoms with van der Waals surface area (Å²) in [4.78, 5) is 11.9. The number of hydrogen-bond acceptors (Lipinski definition) is 4. The first-order valence-corrected chi connectivity index (χ1v) is 7.36. The minimum absolute atomic E-state index is 0.328. The molecule has 0 saturated carbocycles. The molecule has 0 bridgehead atoms. The van der Waals surface area contributed by atoms with E-state index < -0.39 is 17.6 Å². The zero-order chi connectivity index (χ0) is 16.3. The van der Waals surface area contributed by atoms with Gasteiger partial charge in [0.25, 0.3) is 0 Å². The number of carbonyl (C=O) groups is 1. The Bertz CT molecular complexity index is 677. The molecule has 1 aromatic heterocycles. The van der Waals surface area contributed by atoms with Crippen LogP contribution in [0, 0.1) is 0 Å². The van der Waals surface area contributed by atoms with Crippen molar-refractivity contribution < 1.29 is 14.1 Å². The standard InChI is InChI=1S/C17H24N3O2/c1-17(2,3)22-16(21)14(18)10-19-15-7-5-6-12-11-20(4)9-8-13(12)15/h5-9,11,14,19H,10,18H2,1-4H3/q+1. The number of benzene rings is 1. The minimum Gasteiger partial charge on any atom is -0.459 e. The average Bonchev–Trinajstić information content (AvgIpc) is 2.42. The summed E-state index contributed by atoms with van der Waals surface area (Å²) in [5.41, 5.74) is 6.33. The normalized spacial score (nSPS) is 13.0. The number of nitrogens with zero attached hydrogens (tertiary/aromatic N) is 1. The summed E-state index contributed by atoms with van der Waals surface area (Å²) in [5, 5.41) is 5.46. The Morgan fingerprint density at radius 3 is 2.77 bits per heavy atom. The van der Waals surface area contributed by atoms with E-state index in [1.165, 1.54) is 0 Å². The first-order valence-electron chi connectivity index (χ1n) is 7.36. The van der Waals surface area contributed by atoms with Gasteiger partial charge in [0, 0.05) is 29.1 Å². The number of rotatable bonds is 4. The number of nitrogens with two attached hydrogens (primary N) is 1. The van der Waals surface area contributed by atoms with Gasteiger partial charge in [-0.15, -0.1) is 0 Å². The number of pyridine rings is 1. The fraction of sp³-hybridized carbons (Fsp3) is 0.412. The van der Waals surface area contributed by atoms with Gasteiger partial charge in [0.05, 0.1) is 0 Å². The number of hydrogen-bond donors (Lipinski definition) is 2. The maximum absolute atomic E-state index is 11.9. The van der Waals surface area contributed by atoms with Crippen LogP contribution < -0.4 is 15.6 Å². The summed E-state index contributed by atoms with van der Waals surface area (Å²) in [6.45, 7) is 5.82. The Labute approximate surface area is 131 Å². The van der Waals surface area contributed by atoms with Gasteiger partial charge in [-0.3, -0.25) is 4.79 Å². The number of anilines is 1. The van der Waals surface area contributed by atoms with Gasteiger partial charge >= 0.3 is 5.97 Å². The van der Waals surface area contributed by atoms with Crippen LogP contribution in [-0.4, -0.2) is 24.2 Å². The fourth-order valence-electron chi connectivity index (χ4n) is 2.17. The van der Waals surface area contributed by atoms with Gasteiger partial charge in [0.1, 0.15) is 18.7 Å². The van der Waals surface area contributed by atoms with Crippen LogP contribution in [0.3, 0.4) is 0 Å². The van der Waals surface area contributed by atoms with Gasteiger partial charge in [-0.1, -0.05) is 6.07 Å². The summed E-state index contributed by atoms with van der Waals surface area (Å²) >= 11 is 0. The van der Waals surface area contributed by atoms with E-state index in [9.17, 15) is 4.79 Å². The quantitative estimate of drug-likeness (QED) is 0.667. The van der Waals surface area contributed by atoms with Crippen LogP contribution in [0.2, 0.25) is 0 Å². The first-order chi connectivity index (χ1) is 10.3. The Morgan fingerprint density at radius 1 is 1.36 bits per heavy atom. The Morgan fingerprint density at radius 2 is 2.09 bits per heavy atom. The molecule has 0 aliphatic rings. The lowest BCUT2D eigenvalue weighted by atomic mass is 10.1. The second-order valence-electron chi connectivity index (χ2n) is 6.44. The van der Waals surface area contributed by atoms with E-state index in [4.69, 9.17) is 10.5 Å². The number of carbonyl (C=O) groups excluding carboxylic acids is 1. The Balaban J connectivity index is 2.07. The van der Waals surface area contributed by atoms with Crippen molar-refractivity contribution in [1.82, 2.24) is 0 Å². The minimum atomic E-state index is -0.700. The topological polar surface area (TPSA) is 68.2 Å². The summed E-state index contributed by atoms with van der Waals surface area (Å²) in [7, 11) is 1.98. The molecule has 0 spiro atoms. The number of fused-ring (bicyclic) bond motifs is 1. The number of aryl methyl sites for hydroxylation is 1. The van der Waals surface area contributed by atoms with Crippen molar-refractivity contribution in [1.29, 1.82) is 0 Å². The largest absolute Gasteiger partial charge is 0.459 e. The summed E-state index contributed by atoms with van der Waals surface area (Å²) in [6.07, 6.45) is 4.04.